The van der Waals surface area contributed by atoms with Crippen molar-refractivity contribution in [2.45, 2.75) is 51.6 Å². The molecule has 53 heavy (non-hydrogen) atoms. The Labute approximate surface area is 324 Å². The van der Waals surface area contributed by atoms with Gasteiger partial charge in [0.05, 0.1) is 28.4 Å². The number of aromatic amines is 1. The first-order valence-corrected chi connectivity index (χ1v) is 20.2. The number of benzene rings is 3. The molecule has 5 aromatic rings. The Kier molecular flexibility index (Phi) is 11.4. The smallest absolute Gasteiger partial charge is 0.272 e. The highest BCUT2D eigenvalue weighted by Crippen LogP contribution is 2.41. The van der Waals surface area contributed by atoms with Crippen LogP contribution < -0.4 is 10.2 Å². The number of carbonyl (C=O) groups is 1. The standard InChI is InChI=1S/C42H44Cl2N6O2S/c1-4-49(29(3)31-14-16-32(43)17-15-31)40(28(2)30-11-6-5-7-12-30)38-35-19-18-33(44)27-37(35)46-39(38)42(51)47-36-13-10-22-45-41(36)48-24-20-34(21-25-48)50-23-8-9-26-53(50)52/h4-7,10-19,22,27,29,34,46H,1,8-9,20-21,23-26H2,2-3H3,(H,47,51)/b40-28+. The number of fused-ring (bicyclic) bond motifs is 1. The molecule has 11 heteroatoms. The fourth-order valence-electron chi connectivity index (χ4n) is 7.62. The molecule has 2 unspecified atom stereocenters. The van der Waals surface area contributed by atoms with Crippen LogP contribution in [0, 0.1) is 0 Å². The van der Waals surface area contributed by atoms with Gasteiger partial charge in [-0.05, 0) is 98.8 Å². The Morgan fingerprint density at radius 1 is 1.00 bits per heavy atom. The summed E-state index contributed by atoms with van der Waals surface area (Å²) in [6, 6.07) is 27.5. The lowest BCUT2D eigenvalue weighted by Crippen LogP contribution is -2.48. The number of rotatable bonds is 10. The van der Waals surface area contributed by atoms with Crippen LogP contribution in [0.2, 0.25) is 10.0 Å². The number of hydrogen-bond acceptors (Lipinski definition) is 5. The van der Waals surface area contributed by atoms with Crippen LogP contribution in [-0.2, 0) is 11.0 Å². The van der Waals surface area contributed by atoms with E-state index in [2.05, 4.69) is 57.0 Å². The van der Waals surface area contributed by atoms with E-state index in [0.717, 1.165) is 95.8 Å². The summed E-state index contributed by atoms with van der Waals surface area (Å²) in [4.78, 5) is 27.3. The molecule has 2 saturated heterocycles. The van der Waals surface area contributed by atoms with Crippen LogP contribution in [0.25, 0.3) is 22.2 Å². The van der Waals surface area contributed by atoms with E-state index < -0.39 is 11.0 Å². The lowest BCUT2D eigenvalue weighted by molar-refractivity contribution is 0.102. The first-order chi connectivity index (χ1) is 25.7. The van der Waals surface area contributed by atoms with Crippen molar-refractivity contribution in [2.24, 2.45) is 0 Å². The third kappa shape index (κ3) is 7.80. The highest BCUT2D eigenvalue weighted by Gasteiger charge is 2.32. The molecule has 0 saturated carbocycles. The Morgan fingerprint density at radius 3 is 2.45 bits per heavy atom. The van der Waals surface area contributed by atoms with Crippen molar-refractivity contribution >= 4 is 73.8 Å². The van der Waals surface area contributed by atoms with Crippen LogP contribution in [0.4, 0.5) is 11.5 Å². The number of piperidine rings is 1. The minimum atomic E-state index is -0.903. The van der Waals surface area contributed by atoms with Gasteiger partial charge >= 0.3 is 0 Å². The van der Waals surface area contributed by atoms with Crippen molar-refractivity contribution in [3.8, 4) is 0 Å². The van der Waals surface area contributed by atoms with E-state index in [-0.39, 0.29) is 18.0 Å². The Bertz CT molecular complexity index is 2160. The van der Waals surface area contributed by atoms with Crippen LogP contribution in [-0.4, -0.2) is 60.7 Å². The van der Waals surface area contributed by atoms with Crippen molar-refractivity contribution in [3.63, 3.8) is 0 Å². The Hall–Kier alpha value is -4.41. The van der Waals surface area contributed by atoms with Crippen molar-refractivity contribution in [1.29, 1.82) is 0 Å². The molecule has 2 aliphatic heterocycles. The first-order valence-electron chi connectivity index (χ1n) is 18.1. The van der Waals surface area contributed by atoms with Gasteiger partial charge in [-0.15, -0.1) is 0 Å². The number of halogens is 2. The summed E-state index contributed by atoms with van der Waals surface area (Å²) in [6.07, 6.45) is 7.48. The summed E-state index contributed by atoms with van der Waals surface area (Å²) >= 11 is 12.8. The molecule has 3 aromatic carbocycles. The largest absolute Gasteiger partial charge is 0.355 e. The summed E-state index contributed by atoms with van der Waals surface area (Å²) < 4.78 is 14.9. The number of anilines is 2. The lowest BCUT2D eigenvalue weighted by atomic mass is 9.95. The normalized spacial score (nSPS) is 18.0. The fraction of sp³-hybridized carbons (Fsp3) is 0.286. The minimum Gasteiger partial charge on any atom is -0.355 e. The molecule has 0 bridgehead atoms. The van der Waals surface area contributed by atoms with Crippen molar-refractivity contribution in [1.82, 2.24) is 19.2 Å². The number of allylic oxidation sites excluding steroid dienone is 1. The molecule has 274 valence electrons. The van der Waals surface area contributed by atoms with Crippen molar-refractivity contribution in [3.05, 3.63) is 136 Å². The topological polar surface area (TPSA) is 84.6 Å². The van der Waals surface area contributed by atoms with E-state index in [1.165, 1.54) is 0 Å². The maximum Gasteiger partial charge on any atom is 0.272 e. The SMILES string of the molecule is C=CN(/C(=C(\C)c1ccccc1)c1c(C(=O)Nc2cccnc2N2CCC(N3CCCCS3=O)CC2)[nH]c2cc(Cl)ccc12)C(C)c1ccc(Cl)cc1. The zero-order valence-electron chi connectivity index (χ0n) is 30.0. The molecule has 2 aromatic heterocycles. The van der Waals surface area contributed by atoms with Gasteiger partial charge in [0.2, 0.25) is 0 Å². The summed E-state index contributed by atoms with van der Waals surface area (Å²) in [7, 11) is -0.903. The number of amides is 1. The molecule has 0 aliphatic carbocycles. The van der Waals surface area contributed by atoms with E-state index in [0.29, 0.717) is 21.4 Å². The number of pyridine rings is 1. The van der Waals surface area contributed by atoms with Crippen LogP contribution >= 0.6 is 23.2 Å². The predicted molar refractivity (Wildman–Crippen MR) is 221 cm³/mol. The molecular formula is C42H44Cl2N6O2S. The fourth-order valence-corrected chi connectivity index (χ4v) is 9.48. The third-order valence-corrected chi connectivity index (χ3v) is 12.6. The molecule has 4 heterocycles. The zero-order chi connectivity index (χ0) is 37.1. The molecular weight excluding hydrogens is 723 g/mol. The number of nitrogens with one attached hydrogen (secondary N) is 2. The van der Waals surface area contributed by atoms with Gasteiger partial charge in [0.1, 0.15) is 5.69 Å². The average molecular weight is 768 g/mol. The number of H-pyrrole nitrogens is 1. The number of aromatic nitrogens is 2. The lowest BCUT2D eigenvalue weighted by Gasteiger charge is -2.39. The van der Waals surface area contributed by atoms with Gasteiger partial charge in [-0.1, -0.05) is 78.3 Å². The highest BCUT2D eigenvalue weighted by molar-refractivity contribution is 7.82. The molecule has 2 aliphatic rings. The van der Waals surface area contributed by atoms with Crippen LogP contribution in [0.1, 0.15) is 72.8 Å². The molecule has 2 N–H and O–H groups in total. The summed E-state index contributed by atoms with van der Waals surface area (Å²) in [5, 5.41) is 5.30. The van der Waals surface area contributed by atoms with E-state index in [9.17, 15) is 9.00 Å². The second-order valence-corrected chi connectivity index (χ2v) is 16.0. The molecule has 0 spiro atoms. The van der Waals surface area contributed by atoms with Gasteiger partial charge < -0.3 is 20.1 Å². The third-order valence-electron chi connectivity index (χ3n) is 10.4. The van der Waals surface area contributed by atoms with Gasteiger partial charge in [-0.25, -0.2) is 13.5 Å². The number of nitrogens with zero attached hydrogens (tertiary/aromatic N) is 4. The van der Waals surface area contributed by atoms with Gasteiger partial charge in [0.15, 0.2) is 5.82 Å². The van der Waals surface area contributed by atoms with Gasteiger partial charge in [0.25, 0.3) is 5.91 Å². The zero-order valence-corrected chi connectivity index (χ0v) is 32.4. The highest BCUT2D eigenvalue weighted by atomic mass is 35.5. The van der Waals surface area contributed by atoms with Gasteiger partial charge in [-0.3, -0.25) is 4.79 Å². The second kappa shape index (κ2) is 16.3. The quantitative estimate of drug-likeness (QED) is 0.148. The molecule has 2 atom stereocenters. The molecule has 0 radical (unpaired) electrons. The van der Waals surface area contributed by atoms with E-state index in [1.54, 1.807) is 6.20 Å². The van der Waals surface area contributed by atoms with E-state index >= 15 is 0 Å². The second-order valence-electron chi connectivity index (χ2n) is 13.6. The van der Waals surface area contributed by atoms with Crippen molar-refractivity contribution in [2.75, 3.05) is 35.6 Å². The maximum atomic E-state index is 14.7. The van der Waals surface area contributed by atoms with Gasteiger partial charge in [0, 0.05) is 64.1 Å². The van der Waals surface area contributed by atoms with Crippen LogP contribution in [0.3, 0.4) is 0 Å². The van der Waals surface area contributed by atoms with Crippen molar-refractivity contribution < 1.29 is 9.00 Å². The minimum absolute atomic E-state index is 0.165. The summed E-state index contributed by atoms with van der Waals surface area (Å²) in [5.41, 5.74) is 6.34. The number of hydrogen-bond donors (Lipinski definition) is 2. The summed E-state index contributed by atoms with van der Waals surface area (Å²) in [6.45, 7) is 10.9. The maximum absolute atomic E-state index is 14.7. The Balaban J connectivity index is 1.28. The first kappa shape index (κ1) is 36.9. The van der Waals surface area contributed by atoms with Gasteiger partial charge in [-0.2, -0.15) is 0 Å². The van der Waals surface area contributed by atoms with E-state index in [4.69, 9.17) is 28.2 Å². The van der Waals surface area contributed by atoms with E-state index in [1.807, 2.05) is 79.0 Å². The monoisotopic (exact) mass is 766 g/mol. The number of carbonyl (C=O) groups excluding carboxylic acids is 1. The molecule has 2 fully saturated rings. The summed E-state index contributed by atoms with van der Waals surface area (Å²) in [5.74, 6) is 1.17. The molecule has 1 amide bonds. The molecule has 8 nitrogen and oxygen atoms in total. The Morgan fingerprint density at radius 2 is 1.74 bits per heavy atom. The predicted octanol–water partition coefficient (Wildman–Crippen LogP) is 9.95. The van der Waals surface area contributed by atoms with Crippen LogP contribution in [0.5, 0.6) is 0 Å². The van der Waals surface area contributed by atoms with Crippen LogP contribution in [0.15, 0.2) is 104 Å². The molecule has 7 rings (SSSR count). The average Bonchev–Trinajstić information content (AvgIpc) is 3.55.